The molecule has 1 heterocycles. The fourth-order valence-electron chi connectivity index (χ4n) is 2.37. The van der Waals surface area contributed by atoms with Crippen LogP contribution in [0.5, 0.6) is 0 Å². The van der Waals surface area contributed by atoms with Gasteiger partial charge >= 0.3 is 0 Å². The maximum Gasteiger partial charge on any atom is 0.225 e. The molecule has 0 fully saturated rings. The minimum absolute atomic E-state index is 0.0263. The van der Waals surface area contributed by atoms with Gasteiger partial charge in [-0.15, -0.1) is 11.3 Å². The van der Waals surface area contributed by atoms with Crippen LogP contribution in [0.1, 0.15) is 22.2 Å². The highest BCUT2D eigenvalue weighted by molar-refractivity contribution is 7.09. The van der Waals surface area contributed by atoms with Gasteiger partial charge in [-0.2, -0.15) is 0 Å². The normalized spacial score (nSPS) is 11.9. The van der Waals surface area contributed by atoms with Gasteiger partial charge in [0.25, 0.3) is 0 Å². The minimum Gasteiger partial charge on any atom is -0.342 e. The first-order valence-electron chi connectivity index (χ1n) is 7.31. The van der Waals surface area contributed by atoms with E-state index in [0.717, 1.165) is 28.8 Å². The van der Waals surface area contributed by atoms with Crippen LogP contribution in [-0.4, -0.2) is 10.9 Å². The van der Waals surface area contributed by atoms with Gasteiger partial charge in [0.05, 0.1) is 6.42 Å². The Bertz CT molecular complexity index is 822. The molecule has 1 N–H and O–H groups in total. The number of hydrogen-bond donors (Lipinski definition) is 1. The smallest absolute Gasteiger partial charge is 0.225 e. The van der Waals surface area contributed by atoms with Crippen molar-refractivity contribution in [1.29, 1.82) is 0 Å². The molecule has 122 valence electrons. The van der Waals surface area contributed by atoms with Gasteiger partial charge < -0.3 is 5.32 Å². The Hall–Kier alpha value is -2.60. The van der Waals surface area contributed by atoms with E-state index in [1.54, 1.807) is 6.20 Å². The third kappa shape index (κ3) is 3.83. The van der Waals surface area contributed by atoms with Crippen LogP contribution in [0.2, 0.25) is 0 Å². The summed E-state index contributed by atoms with van der Waals surface area (Å²) in [7, 11) is 0. The first kappa shape index (κ1) is 16.3. The Morgan fingerprint density at radius 3 is 2.67 bits per heavy atom. The van der Waals surface area contributed by atoms with Crippen molar-refractivity contribution in [2.75, 3.05) is 0 Å². The van der Waals surface area contributed by atoms with Crippen molar-refractivity contribution in [3.8, 4) is 0 Å². The number of hydrogen-bond acceptors (Lipinski definition) is 3. The fraction of sp³-hybridized carbons (Fsp3) is 0.111. The Balaban J connectivity index is 1.80. The first-order valence-corrected chi connectivity index (χ1v) is 8.19. The van der Waals surface area contributed by atoms with E-state index in [9.17, 15) is 13.6 Å². The molecule has 0 aliphatic heterocycles. The van der Waals surface area contributed by atoms with Gasteiger partial charge in [-0.05, 0) is 23.8 Å². The standard InChI is InChI=1S/C18H14F2N2OS/c19-14-6-7-15(20)13(10-14)11-16(23)22-17(18-21-8-9-24-18)12-4-2-1-3-5-12/h1-10,17H,11H2,(H,22,23)/t17-/m0/s1. The third-order valence-corrected chi connectivity index (χ3v) is 4.34. The van der Waals surface area contributed by atoms with Crippen LogP contribution in [0, 0.1) is 11.6 Å². The second-order valence-corrected chi connectivity index (χ2v) is 6.12. The quantitative estimate of drug-likeness (QED) is 0.763. The summed E-state index contributed by atoms with van der Waals surface area (Å²) in [4.78, 5) is 16.6. The van der Waals surface area contributed by atoms with Crippen molar-refractivity contribution in [3.05, 3.63) is 87.9 Å². The average Bonchev–Trinajstić information content (AvgIpc) is 3.11. The summed E-state index contributed by atoms with van der Waals surface area (Å²) >= 11 is 1.42. The summed E-state index contributed by atoms with van der Waals surface area (Å²) in [6.45, 7) is 0. The Morgan fingerprint density at radius 1 is 1.17 bits per heavy atom. The molecule has 0 radical (unpaired) electrons. The summed E-state index contributed by atoms with van der Waals surface area (Å²) in [5, 5.41) is 5.40. The van der Waals surface area contributed by atoms with Gasteiger partial charge in [0.15, 0.2) is 0 Å². The zero-order valence-corrected chi connectivity index (χ0v) is 13.4. The van der Waals surface area contributed by atoms with E-state index in [1.165, 1.54) is 11.3 Å². The van der Waals surface area contributed by atoms with Gasteiger partial charge in [0.1, 0.15) is 22.7 Å². The molecule has 0 saturated carbocycles. The van der Waals surface area contributed by atoms with Crippen LogP contribution < -0.4 is 5.32 Å². The molecule has 0 aliphatic rings. The van der Waals surface area contributed by atoms with Crippen molar-refractivity contribution in [2.24, 2.45) is 0 Å². The molecule has 3 rings (SSSR count). The molecule has 1 amide bonds. The van der Waals surface area contributed by atoms with Crippen LogP contribution in [0.4, 0.5) is 8.78 Å². The summed E-state index contributed by atoms with van der Waals surface area (Å²) < 4.78 is 26.9. The number of halogens is 2. The number of nitrogens with zero attached hydrogens (tertiary/aromatic N) is 1. The van der Waals surface area contributed by atoms with E-state index in [2.05, 4.69) is 10.3 Å². The van der Waals surface area contributed by atoms with Crippen molar-refractivity contribution in [3.63, 3.8) is 0 Å². The third-order valence-electron chi connectivity index (χ3n) is 3.50. The Labute approximate surface area is 142 Å². The number of aromatic nitrogens is 1. The highest BCUT2D eigenvalue weighted by atomic mass is 32.1. The van der Waals surface area contributed by atoms with E-state index >= 15 is 0 Å². The largest absolute Gasteiger partial charge is 0.342 e. The lowest BCUT2D eigenvalue weighted by Gasteiger charge is -2.17. The van der Waals surface area contributed by atoms with Crippen molar-refractivity contribution >= 4 is 17.2 Å². The van der Waals surface area contributed by atoms with Crippen LogP contribution in [0.25, 0.3) is 0 Å². The van der Waals surface area contributed by atoms with E-state index in [1.807, 2.05) is 35.7 Å². The van der Waals surface area contributed by atoms with Gasteiger partial charge in [0.2, 0.25) is 5.91 Å². The van der Waals surface area contributed by atoms with Crippen LogP contribution >= 0.6 is 11.3 Å². The highest BCUT2D eigenvalue weighted by Crippen LogP contribution is 2.24. The Morgan fingerprint density at radius 2 is 1.96 bits per heavy atom. The molecule has 0 saturated heterocycles. The van der Waals surface area contributed by atoms with Gasteiger partial charge in [-0.1, -0.05) is 30.3 Å². The number of nitrogens with one attached hydrogen (secondary N) is 1. The zero-order valence-electron chi connectivity index (χ0n) is 12.6. The SMILES string of the molecule is O=C(Cc1cc(F)ccc1F)N[C@@H](c1ccccc1)c1nccs1. The molecule has 3 aromatic rings. The molecule has 0 bridgehead atoms. The lowest BCUT2D eigenvalue weighted by atomic mass is 10.1. The number of benzene rings is 2. The predicted molar refractivity (Wildman–Crippen MR) is 88.6 cm³/mol. The molecule has 1 atom stereocenters. The lowest BCUT2D eigenvalue weighted by Crippen LogP contribution is -2.30. The summed E-state index contributed by atoms with van der Waals surface area (Å²) in [5.74, 6) is -1.57. The molecule has 1 aromatic heterocycles. The van der Waals surface area contributed by atoms with Crippen molar-refractivity contribution in [1.82, 2.24) is 10.3 Å². The summed E-state index contributed by atoms with van der Waals surface area (Å²) in [6.07, 6.45) is 1.42. The number of thiazole rings is 1. The fourth-order valence-corrected chi connectivity index (χ4v) is 3.09. The molecule has 0 unspecified atom stereocenters. The molecule has 0 spiro atoms. The maximum atomic E-state index is 13.7. The second kappa shape index (κ2) is 7.31. The Kier molecular flexibility index (Phi) is 4.96. The monoisotopic (exact) mass is 344 g/mol. The molecule has 2 aromatic carbocycles. The predicted octanol–water partition coefficient (Wildman–Crippen LogP) is 3.87. The molecule has 0 aliphatic carbocycles. The van der Waals surface area contributed by atoms with Crippen LogP contribution in [0.15, 0.2) is 60.1 Å². The zero-order chi connectivity index (χ0) is 16.9. The molecular formula is C18H14F2N2OS. The van der Waals surface area contributed by atoms with E-state index in [0.29, 0.717) is 0 Å². The summed E-state index contributed by atoms with van der Waals surface area (Å²) in [6, 6.07) is 12.1. The number of amides is 1. The maximum absolute atomic E-state index is 13.7. The molecule has 24 heavy (non-hydrogen) atoms. The van der Waals surface area contributed by atoms with E-state index in [4.69, 9.17) is 0 Å². The molecule has 6 heteroatoms. The topological polar surface area (TPSA) is 42.0 Å². The first-order chi connectivity index (χ1) is 11.6. The van der Waals surface area contributed by atoms with Crippen molar-refractivity contribution in [2.45, 2.75) is 12.5 Å². The second-order valence-electron chi connectivity index (χ2n) is 5.19. The van der Waals surface area contributed by atoms with Crippen LogP contribution in [0.3, 0.4) is 0 Å². The molecule has 3 nitrogen and oxygen atoms in total. The van der Waals surface area contributed by atoms with Gasteiger partial charge in [0, 0.05) is 17.1 Å². The molecular weight excluding hydrogens is 330 g/mol. The minimum atomic E-state index is -0.600. The number of carbonyl (C=O) groups is 1. The highest BCUT2D eigenvalue weighted by Gasteiger charge is 2.20. The van der Waals surface area contributed by atoms with E-state index < -0.39 is 23.6 Å². The summed E-state index contributed by atoms with van der Waals surface area (Å²) in [5.41, 5.74) is 0.902. The van der Waals surface area contributed by atoms with Gasteiger partial charge in [-0.3, -0.25) is 4.79 Å². The van der Waals surface area contributed by atoms with Crippen LogP contribution in [-0.2, 0) is 11.2 Å². The average molecular weight is 344 g/mol. The van der Waals surface area contributed by atoms with Gasteiger partial charge in [-0.25, -0.2) is 13.8 Å². The lowest BCUT2D eigenvalue weighted by molar-refractivity contribution is -0.121. The van der Waals surface area contributed by atoms with E-state index in [-0.39, 0.29) is 12.0 Å². The number of rotatable bonds is 5. The van der Waals surface area contributed by atoms with Crippen molar-refractivity contribution < 1.29 is 13.6 Å². The number of carbonyl (C=O) groups excluding carboxylic acids is 1.